The minimum Gasteiger partial charge on any atom is -0.393 e. The maximum Gasteiger partial charge on any atom is 0.306 e. The molecule has 3 heterocycles. The van der Waals surface area contributed by atoms with Crippen LogP contribution in [0.3, 0.4) is 0 Å². The van der Waals surface area contributed by atoms with E-state index in [2.05, 4.69) is 19.6 Å². The molecule has 39 heavy (non-hydrogen) atoms. The van der Waals surface area contributed by atoms with Crippen molar-refractivity contribution in [1.82, 2.24) is 0 Å². The summed E-state index contributed by atoms with van der Waals surface area (Å²) in [5.41, 5.74) is -6.04. The summed E-state index contributed by atoms with van der Waals surface area (Å²) in [5, 5.41) is 45.9. The largest absolute Gasteiger partial charge is 0.393 e. The first-order valence-corrected chi connectivity index (χ1v) is 13.8. The number of fused-ring (bicyclic) bond motifs is 3. The Kier molecular flexibility index (Phi) is 5.96. The molecule has 0 amide bonds. The molecule has 0 aromatic heterocycles. The summed E-state index contributed by atoms with van der Waals surface area (Å²) in [4.78, 5) is 13.5. The minimum absolute atomic E-state index is 0.259. The van der Waals surface area contributed by atoms with E-state index >= 15 is 0 Å². The maximum absolute atomic E-state index is 13.5. The Hall–Kier alpha value is -1.95. The summed E-state index contributed by atoms with van der Waals surface area (Å²) >= 11 is 0. The lowest BCUT2D eigenvalue weighted by Crippen LogP contribution is -2.76. The Morgan fingerprint density at radius 3 is 2.51 bits per heavy atom. The zero-order chi connectivity index (χ0) is 28.2. The van der Waals surface area contributed by atoms with Gasteiger partial charge in [0.1, 0.15) is 29.5 Å². The summed E-state index contributed by atoms with van der Waals surface area (Å²) in [7, 11) is 0. The van der Waals surface area contributed by atoms with Crippen molar-refractivity contribution in [2.75, 3.05) is 6.61 Å². The fourth-order valence-electron chi connectivity index (χ4n) is 8.11. The predicted octanol–water partition coefficient (Wildman–Crippen LogP) is 1.62. The molecule has 0 aromatic carbocycles. The van der Waals surface area contributed by atoms with E-state index in [4.69, 9.17) is 18.9 Å². The first kappa shape index (κ1) is 27.2. The van der Waals surface area contributed by atoms with Gasteiger partial charge in [0, 0.05) is 23.8 Å². The van der Waals surface area contributed by atoms with Crippen LogP contribution in [0, 0.1) is 17.8 Å². The molecular weight excluding hydrogens is 504 g/mol. The van der Waals surface area contributed by atoms with Gasteiger partial charge in [-0.25, -0.2) is 0 Å². The van der Waals surface area contributed by atoms with Crippen molar-refractivity contribution in [3.8, 4) is 0 Å². The highest BCUT2D eigenvalue weighted by Gasteiger charge is 2.89. The number of hydrogen-bond acceptors (Lipinski definition) is 9. The number of carbonyl (C=O) groups excluding carboxylic acids is 1. The molecule has 0 aromatic rings. The Morgan fingerprint density at radius 2 is 1.85 bits per heavy atom. The molecule has 5 fully saturated rings. The summed E-state index contributed by atoms with van der Waals surface area (Å²) in [6.45, 7) is 10.7. The molecule has 3 saturated heterocycles. The fraction of sp³-hybridized carbons (Fsp3) is 0.633. The van der Waals surface area contributed by atoms with Crippen molar-refractivity contribution < 1.29 is 44.2 Å². The molecule has 4 N–H and O–H groups in total. The third-order valence-corrected chi connectivity index (χ3v) is 10.0. The first-order chi connectivity index (χ1) is 18.4. The van der Waals surface area contributed by atoms with Crippen LogP contribution in [0.25, 0.3) is 0 Å². The van der Waals surface area contributed by atoms with Gasteiger partial charge >= 0.3 is 5.97 Å². The lowest BCUT2D eigenvalue weighted by atomic mass is 9.53. The van der Waals surface area contributed by atoms with Crippen LogP contribution >= 0.6 is 0 Å². The fourth-order valence-corrected chi connectivity index (χ4v) is 8.11. The second kappa shape index (κ2) is 8.53. The van der Waals surface area contributed by atoms with Crippen molar-refractivity contribution in [2.24, 2.45) is 17.8 Å². The van der Waals surface area contributed by atoms with E-state index < -0.39 is 82.9 Å². The molecule has 3 bridgehead atoms. The number of carbonyl (C=O) groups is 1. The molecule has 9 heteroatoms. The normalized spacial score (nSPS) is 53.3. The van der Waals surface area contributed by atoms with Gasteiger partial charge in [-0.15, -0.1) is 0 Å². The number of epoxide rings is 1. The first-order valence-electron chi connectivity index (χ1n) is 13.8. The van der Waals surface area contributed by atoms with E-state index in [1.54, 1.807) is 45.1 Å². The Balaban J connectivity index is 1.54. The minimum atomic E-state index is -2.35. The van der Waals surface area contributed by atoms with Crippen LogP contribution in [0.4, 0.5) is 0 Å². The second-order valence-corrected chi connectivity index (χ2v) is 12.0. The molecule has 2 saturated carbocycles. The topological polar surface area (TPSA) is 138 Å². The highest BCUT2D eigenvalue weighted by Crippen LogP contribution is 2.72. The molecule has 9 nitrogen and oxygen atoms in total. The molecule has 12 atom stereocenters. The van der Waals surface area contributed by atoms with Gasteiger partial charge in [0.2, 0.25) is 0 Å². The summed E-state index contributed by atoms with van der Waals surface area (Å²) < 4.78 is 25.9. The van der Waals surface area contributed by atoms with Crippen molar-refractivity contribution in [1.29, 1.82) is 0 Å². The van der Waals surface area contributed by atoms with Crippen LogP contribution in [0.15, 0.2) is 60.3 Å². The summed E-state index contributed by atoms with van der Waals surface area (Å²) in [6, 6.07) is 0. The molecule has 3 aliphatic carbocycles. The number of aliphatic hydroxyl groups is 4. The SMILES string of the molecule is C=C(C)[C@@]12O[C@@]3(/C=C/C=C/C=C/CCC)O[C@@H]1[C@@H]1[C@@H]4O[C@]4(CO)[C@@H](O)[C@]4(O)C(=O)C(C)=C[C@H]4[C@@]1(O3)[C@H](C)[C@H]2O. The number of aliphatic hydroxyl groups excluding tert-OH is 3. The van der Waals surface area contributed by atoms with E-state index in [0.29, 0.717) is 5.57 Å². The zero-order valence-corrected chi connectivity index (χ0v) is 22.7. The smallest absolute Gasteiger partial charge is 0.306 e. The third-order valence-electron chi connectivity index (χ3n) is 10.0. The van der Waals surface area contributed by atoms with Crippen LogP contribution in [-0.2, 0) is 23.7 Å². The second-order valence-electron chi connectivity index (χ2n) is 12.0. The van der Waals surface area contributed by atoms with Crippen LogP contribution in [0.2, 0.25) is 0 Å². The maximum atomic E-state index is 13.5. The number of allylic oxidation sites excluding steroid dienone is 5. The van der Waals surface area contributed by atoms with Gasteiger partial charge in [-0.2, -0.15) is 0 Å². The molecule has 6 rings (SSSR count). The summed E-state index contributed by atoms with van der Waals surface area (Å²) in [5.74, 6) is -4.95. The van der Waals surface area contributed by atoms with E-state index in [0.717, 1.165) is 12.8 Å². The Labute approximate surface area is 228 Å². The number of hydrogen-bond donors (Lipinski definition) is 4. The predicted molar refractivity (Wildman–Crippen MR) is 139 cm³/mol. The number of rotatable bonds is 7. The monoisotopic (exact) mass is 542 g/mol. The highest BCUT2D eigenvalue weighted by molar-refractivity contribution is 6.05. The van der Waals surface area contributed by atoms with Crippen LogP contribution in [-0.4, -0.2) is 85.6 Å². The Bertz CT molecular complexity index is 1220. The molecule has 0 unspecified atom stereocenters. The van der Waals surface area contributed by atoms with E-state index in [1.807, 2.05) is 12.2 Å². The molecule has 0 radical (unpaired) electrons. The lowest BCUT2D eigenvalue weighted by Gasteiger charge is -2.60. The van der Waals surface area contributed by atoms with E-state index in [1.165, 1.54) is 0 Å². The van der Waals surface area contributed by atoms with Gasteiger partial charge in [0.15, 0.2) is 11.4 Å². The van der Waals surface area contributed by atoms with Crippen molar-refractivity contribution in [3.63, 3.8) is 0 Å². The number of Topliss-reactive ketones (excluding diaryl/α,β-unsaturated/α-hetero) is 1. The van der Waals surface area contributed by atoms with Crippen LogP contribution in [0.1, 0.15) is 40.5 Å². The molecular formula is C30H38O9. The quantitative estimate of drug-likeness (QED) is 0.215. The van der Waals surface area contributed by atoms with Crippen LogP contribution in [0.5, 0.6) is 0 Å². The molecule has 6 aliphatic rings. The van der Waals surface area contributed by atoms with Gasteiger partial charge in [-0.3, -0.25) is 4.79 Å². The average molecular weight is 543 g/mol. The standard InChI is InChI=1S/C30H38O9/c1-6-7-8-9-10-11-12-13-27-37-24-20-23-26(15-31,36-23)25(34)28(35)19(14-17(4)21(28)32)30(20,39-27)18(5)22(33)29(24,38-27)16(2)3/h8-14,18-20,22-25,31,33-35H,2,6-7,15H2,1,3-5H3/b9-8+,11-10+,13-12+/t18-,19-,20+,22-,23+,24-,25-,26+,27-,28-,29+,30+/m1/s1. The van der Waals surface area contributed by atoms with Gasteiger partial charge < -0.3 is 39.4 Å². The van der Waals surface area contributed by atoms with E-state index in [-0.39, 0.29) is 5.57 Å². The molecule has 0 spiro atoms. The molecule has 212 valence electrons. The number of ether oxygens (including phenoxy) is 4. The number of unbranched alkanes of at least 4 members (excludes halogenated alkanes) is 1. The van der Waals surface area contributed by atoms with Gasteiger partial charge in [-0.1, -0.05) is 63.3 Å². The highest BCUT2D eigenvalue weighted by atomic mass is 16.9. The lowest BCUT2D eigenvalue weighted by molar-refractivity contribution is -0.407. The van der Waals surface area contributed by atoms with Gasteiger partial charge in [-0.05, 0) is 31.4 Å². The Morgan fingerprint density at radius 1 is 1.13 bits per heavy atom. The zero-order valence-electron chi connectivity index (χ0n) is 22.7. The third kappa shape index (κ3) is 3.05. The summed E-state index contributed by atoms with van der Waals surface area (Å²) in [6.07, 6.45) is 10.0. The van der Waals surface area contributed by atoms with Crippen molar-refractivity contribution >= 4 is 5.78 Å². The molecule has 3 aliphatic heterocycles. The van der Waals surface area contributed by atoms with Gasteiger partial charge in [0.05, 0.1) is 18.3 Å². The van der Waals surface area contributed by atoms with Crippen molar-refractivity contribution in [2.45, 2.75) is 93.3 Å². The van der Waals surface area contributed by atoms with Gasteiger partial charge in [0.25, 0.3) is 0 Å². The van der Waals surface area contributed by atoms with E-state index in [9.17, 15) is 25.2 Å². The average Bonchev–Trinajstić information content (AvgIpc) is 3.53. The van der Waals surface area contributed by atoms with Crippen molar-refractivity contribution in [3.05, 3.63) is 60.3 Å². The number of ketones is 1. The van der Waals surface area contributed by atoms with Crippen LogP contribution < -0.4 is 0 Å².